The zero-order valence-electron chi connectivity index (χ0n) is 13.2. The molecule has 0 aromatic heterocycles. The lowest BCUT2D eigenvalue weighted by Crippen LogP contribution is -2.50. The van der Waals surface area contributed by atoms with Crippen LogP contribution in [0.3, 0.4) is 0 Å². The quantitative estimate of drug-likeness (QED) is 0.726. The van der Waals surface area contributed by atoms with Crippen LogP contribution in [0.2, 0.25) is 0 Å². The van der Waals surface area contributed by atoms with Crippen LogP contribution in [0.25, 0.3) is 0 Å². The van der Waals surface area contributed by atoms with Gasteiger partial charge in [-0.15, -0.1) is 0 Å². The molecule has 0 aromatic carbocycles. The second-order valence-corrected chi connectivity index (χ2v) is 6.99. The summed E-state index contributed by atoms with van der Waals surface area (Å²) in [6, 6.07) is 0.835. The third-order valence-corrected chi connectivity index (χ3v) is 4.87. The highest BCUT2D eigenvalue weighted by Gasteiger charge is 2.33. The molecular weight excluding hydrogens is 234 g/mol. The molecule has 2 rings (SSSR count). The summed E-state index contributed by atoms with van der Waals surface area (Å²) in [7, 11) is 2.33. The maximum atomic E-state index is 3.63. The summed E-state index contributed by atoms with van der Waals surface area (Å²) in [6.45, 7) is 12.2. The van der Waals surface area contributed by atoms with Crippen LogP contribution in [0.4, 0.5) is 0 Å². The van der Waals surface area contributed by atoms with E-state index in [9.17, 15) is 0 Å². The summed E-state index contributed by atoms with van der Waals surface area (Å²) in [4.78, 5) is 5.24. The lowest BCUT2D eigenvalue weighted by molar-refractivity contribution is 0.0760. The van der Waals surface area contributed by atoms with Crippen LogP contribution >= 0.6 is 0 Å². The Kier molecular flexibility index (Phi) is 6.11. The van der Waals surface area contributed by atoms with Crippen LogP contribution in [0, 0.1) is 11.8 Å². The minimum atomic E-state index is 0.770. The van der Waals surface area contributed by atoms with Crippen LogP contribution in [-0.2, 0) is 0 Å². The zero-order valence-corrected chi connectivity index (χ0v) is 13.2. The fraction of sp³-hybridized carbons (Fsp3) is 1.00. The highest BCUT2D eigenvalue weighted by atomic mass is 15.2. The standard InChI is InChI=1S/C16H33N3/c1-14(2)12-17-13-15-6-7-16(15)18(3)10-11-19-8-4-5-9-19/h14-17H,4-13H2,1-3H3. The van der Waals surface area contributed by atoms with Crippen molar-refractivity contribution in [1.29, 1.82) is 0 Å². The molecule has 0 radical (unpaired) electrons. The topological polar surface area (TPSA) is 18.5 Å². The fourth-order valence-electron chi connectivity index (χ4n) is 3.40. The molecule has 0 spiro atoms. The molecule has 0 aromatic rings. The number of likely N-dealkylation sites (tertiary alicyclic amines) is 1. The molecule has 3 heteroatoms. The van der Waals surface area contributed by atoms with E-state index >= 15 is 0 Å². The molecule has 3 nitrogen and oxygen atoms in total. The van der Waals surface area contributed by atoms with Gasteiger partial charge in [0.15, 0.2) is 0 Å². The molecule has 19 heavy (non-hydrogen) atoms. The molecule has 2 atom stereocenters. The van der Waals surface area contributed by atoms with Gasteiger partial charge in [-0.25, -0.2) is 0 Å². The minimum absolute atomic E-state index is 0.770. The SMILES string of the molecule is CC(C)CNCC1CCC1N(C)CCN1CCCC1. The Labute approximate surface area is 119 Å². The largest absolute Gasteiger partial charge is 0.316 e. The van der Waals surface area contributed by atoms with Crippen molar-refractivity contribution in [3.8, 4) is 0 Å². The smallest absolute Gasteiger partial charge is 0.0133 e. The van der Waals surface area contributed by atoms with Crippen molar-refractivity contribution in [3.63, 3.8) is 0 Å². The minimum Gasteiger partial charge on any atom is -0.316 e. The second-order valence-electron chi connectivity index (χ2n) is 6.99. The lowest BCUT2D eigenvalue weighted by atomic mass is 9.78. The van der Waals surface area contributed by atoms with E-state index in [1.165, 1.54) is 65.0 Å². The Hall–Kier alpha value is -0.120. The molecule has 1 N–H and O–H groups in total. The van der Waals surface area contributed by atoms with Crippen molar-refractivity contribution in [2.45, 2.75) is 45.6 Å². The van der Waals surface area contributed by atoms with Gasteiger partial charge in [-0.3, -0.25) is 0 Å². The van der Waals surface area contributed by atoms with Crippen LogP contribution in [0.15, 0.2) is 0 Å². The Morgan fingerprint density at radius 3 is 2.53 bits per heavy atom. The Bertz CT molecular complexity index is 248. The number of rotatable bonds is 8. The van der Waals surface area contributed by atoms with Crippen molar-refractivity contribution in [2.75, 3.05) is 46.3 Å². The average molecular weight is 267 g/mol. The van der Waals surface area contributed by atoms with Crippen molar-refractivity contribution in [3.05, 3.63) is 0 Å². The molecule has 1 aliphatic heterocycles. The normalized spacial score (nSPS) is 28.3. The van der Waals surface area contributed by atoms with Crippen molar-refractivity contribution >= 4 is 0 Å². The monoisotopic (exact) mass is 267 g/mol. The predicted molar refractivity (Wildman–Crippen MR) is 82.5 cm³/mol. The van der Waals surface area contributed by atoms with Gasteiger partial charge in [0.2, 0.25) is 0 Å². The van der Waals surface area contributed by atoms with Crippen molar-refractivity contribution < 1.29 is 0 Å². The number of likely N-dealkylation sites (N-methyl/N-ethyl adjacent to an activating group) is 1. The summed E-state index contributed by atoms with van der Waals surface area (Å²) < 4.78 is 0. The molecule has 2 fully saturated rings. The maximum Gasteiger partial charge on any atom is 0.0133 e. The van der Waals surface area contributed by atoms with Crippen LogP contribution in [-0.4, -0.2) is 62.2 Å². The number of nitrogens with zero attached hydrogens (tertiary/aromatic N) is 2. The van der Waals surface area contributed by atoms with E-state index in [2.05, 4.69) is 36.0 Å². The third-order valence-electron chi connectivity index (χ3n) is 4.87. The summed E-state index contributed by atoms with van der Waals surface area (Å²) >= 11 is 0. The molecule has 1 saturated heterocycles. The number of nitrogens with one attached hydrogen (secondary N) is 1. The van der Waals surface area contributed by atoms with E-state index in [4.69, 9.17) is 0 Å². The highest BCUT2D eigenvalue weighted by molar-refractivity contribution is 4.89. The van der Waals surface area contributed by atoms with E-state index in [1.807, 2.05) is 0 Å². The van der Waals surface area contributed by atoms with Crippen molar-refractivity contribution in [1.82, 2.24) is 15.1 Å². The molecule has 0 bridgehead atoms. The Morgan fingerprint density at radius 1 is 1.21 bits per heavy atom. The van der Waals surface area contributed by atoms with Gasteiger partial charge in [0.05, 0.1) is 0 Å². The Balaban J connectivity index is 1.60. The van der Waals surface area contributed by atoms with Crippen LogP contribution in [0.5, 0.6) is 0 Å². The highest BCUT2D eigenvalue weighted by Crippen LogP contribution is 2.30. The lowest BCUT2D eigenvalue weighted by Gasteiger charge is -2.43. The van der Waals surface area contributed by atoms with Crippen molar-refractivity contribution in [2.24, 2.45) is 11.8 Å². The number of hydrogen-bond donors (Lipinski definition) is 1. The van der Waals surface area contributed by atoms with Gasteiger partial charge in [0.1, 0.15) is 0 Å². The molecule has 2 aliphatic rings. The van der Waals surface area contributed by atoms with Gasteiger partial charge in [-0.2, -0.15) is 0 Å². The molecule has 1 saturated carbocycles. The summed E-state index contributed by atoms with van der Waals surface area (Å²) in [5.41, 5.74) is 0. The van der Waals surface area contributed by atoms with Crippen LogP contribution in [0.1, 0.15) is 39.5 Å². The van der Waals surface area contributed by atoms with Gasteiger partial charge >= 0.3 is 0 Å². The molecule has 2 unspecified atom stereocenters. The maximum absolute atomic E-state index is 3.63. The molecular formula is C16H33N3. The first-order valence-corrected chi connectivity index (χ1v) is 8.30. The molecule has 1 heterocycles. The second kappa shape index (κ2) is 7.61. The summed E-state index contributed by atoms with van der Waals surface area (Å²) in [5.74, 6) is 1.66. The van der Waals surface area contributed by atoms with Gasteiger partial charge in [-0.05, 0) is 70.7 Å². The first-order chi connectivity index (χ1) is 9.16. The molecule has 0 amide bonds. The van der Waals surface area contributed by atoms with Gasteiger partial charge in [0, 0.05) is 19.1 Å². The van der Waals surface area contributed by atoms with E-state index < -0.39 is 0 Å². The average Bonchev–Trinajstić information content (AvgIpc) is 2.83. The molecule has 1 aliphatic carbocycles. The first kappa shape index (κ1) is 15.3. The Morgan fingerprint density at radius 2 is 1.95 bits per heavy atom. The van der Waals surface area contributed by atoms with E-state index in [0.29, 0.717) is 0 Å². The first-order valence-electron chi connectivity index (χ1n) is 8.30. The van der Waals surface area contributed by atoms with Crippen LogP contribution < -0.4 is 5.32 Å². The number of hydrogen-bond acceptors (Lipinski definition) is 3. The van der Waals surface area contributed by atoms with E-state index in [0.717, 1.165) is 17.9 Å². The third kappa shape index (κ3) is 4.73. The fourth-order valence-corrected chi connectivity index (χ4v) is 3.40. The van der Waals surface area contributed by atoms with E-state index in [-0.39, 0.29) is 0 Å². The van der Waals surface area contributed by atoms with Gasteiger partial charge < -0.3 is 15.1 Å². The summed E-state index contributed by atoms with van der Waals surface area (Å²) in [6.07, 6.45) is 5.65. The zero-order chi connectivity index (χ0) is 13.7. The molecule has 112 valence electrons. The predicted octanol–water partition coefficient (Wildman–Crippen LogP) is 2.04. The van der Waals surface area contributed by atoms with E-state index in [1.54, 1.807) is 0 Å². The van der Waals surface area contributed by atoms with Gasteiger partial charge in [0.25, 0.3) is 0 Å². The summed E-state index contributed by atoms with van der Waals surface area (Å²) in [5, 5.41) is 3.63. The van der Waals surface area contributed by atoms with Gasteiger partial charge in [-0.1, -0.05) is 13.8 Å².